The third-order valence-corrected chi connectivity index (χ3v) is 8.70. The standard InChI is InChI=1S/C32H30N2/c33-28-14-12-24-22-10-4-2-8-20(22)18-26(24)30(28)32(16-6-1-7-17-32)31-27-19-21-9-3-5-11-23(21)25(27)13-15-29(31)34/h2-5,8-15H,1,6-7,16-19,33-34H2. The molecule has 1 saturated carbocycles. The zero-order valence-corrected chi connectivity index (χ0v) is 19.5. The average Bonchev–Trinajstić information content (AvgIpc) is 3.42. The van der Waals surface area contributed by atoms with Crippen molar-refractivity contribution in [2.24, 2.45) is 0 Å². The Morgan fingerprint density at radius 3 is 1.47 bits per heavy atom. The van der Waals surface area contributed by atoms with Crippen molar-refractivity contribution in [1.82, 2.24) is 0 Å². The normalized spacial score (nSPS) is 17.1. The molecule has 4 aromatic rings. The van der Waals surface area contributed by atoms with Crippen molar-refractivity contribution in [2.45, 2.75) is 50.4 Å². The van der Waals surface area contributed by atoms with Gasteiger partial charge in [-0.25, -0.2) is 0 Å². The van der Waals surface area contributed by atoms with Crippen LogP contribution in [0, 0.1) is 0 Å². The molecular formula is C32H30N2. The van der Waals surface area contributed by atoms with Gasteiger partial charge in [0, 0.05) is 16.8 Å². The molecule has 34 heavy (non-hydrogen) atoms. The first-order chi connectivity index (χ1) is 16.7. The molecular weight excluding hydrogens is 412 g/mol. The van der Waals surface area contributed by atoms with Gasteiger partial charge < -0.3 is 11.5 Å². The highest BCUT2D eigenvalue weighted by molar-refractivity contribution is 5.85. The van der Waals surface area contributed by atoms with Crippen LogP contribution >= 0.6 is 0 Å². The number of rotatable bonds is 2. The van der Waals surface area contributed by atoms with Crippen molar-refractivity contribution < 1.29 is 0 Å². The molecule has 0 bridgehead atoms. The highest BCUT2D eigenvalue weighted by atomic mass is 14.6. The lowest BCUT2D eigenvalue weighted by Crippen LogP contribution is -2.34. The third kappa shape index (κ3) is 2.63. The maximum atomic E-state index is 6.92. The minimum atomic E-state index is -0.132. The number of hydrogen-bond acceptors (Lipinski definition) is 2. The molecule has 4 N–H and O–H groups in total. The molecule has 1 fully saturated rings. The molecule has 4 aromatic carbocycles. The van der Waals surface area contributed by atoms with Crippen LogP contribution < -0.4 is 11.5 Å². The van der Waals surface area contributed by atoms with Crippen LogP contribution in [-0.2, 0) is 18.3 Å². The molecule has 0 atom stereocenters. The highest BCUT2D eigenvalue weighted by Crippen LogP contribution is 2.56. The minimum absolute atomic E-state index is 0.132. The van der Waals surface area contributed by atoms with E-state index in [1.54, 1.807) is 0 Å². The predicted octanol–water partition coefficient (Wildman–Crippen LogP) is 7.24. The Bertz CT molecular complexity index is 1350. The molecule has 3 aliphatic rings. The fourth-order valence-electron chi connectivity index (χ4n) is 7.37. The van der Waals surface area contributed by atoms with Crippen LogP contribution in [0.25, 0.3) is 22.3 Å². The molecule has 2 nitrogen and oxygen atoms in total. The van der Waals surface area contributed by atoms with E-state index in [-0.39, 0.29) is 5.41 Å². The molecule has 7 rings (SSSR count). The van der Waals surface area contributed by atoms with E-state index in [2.05, 4.69) is 72.8 Å². The summed E-state index contributed by atoms with van der Waals surface area (Å²) in [7, 11) is 0. The van der Waals surface area contributed by atoms with Gasteiger partial charge in [-0.15, -0.1) is 0 Å². The van der Waals surface area contributed by atoms with Crippen molar-refractivity contribution in [1.29, 1.82) is 0 Å². The smallest absolute Gasteiger partial charge is 0.0359 e. The van der Waals surface area contributed by atoms with Gasteiger partial charge in [0.25, 0.3) is 0 Å². The molecule has 0 aliphatic heterocycles. The largest absolute Gasteiger partial charge is 0.398 e. The fourth-order valence-corrected chi connectivity index (χ4v) is 7.37. The summed E-state index contributed by atoms with van der Waals surface area (Å²) in [5.74, 6) is 0. The van der Waals surface area contributed by atoms with E-state index < -0.39 is 0 Å². The van der Waals surface area contributed by atoms with Gasteiger partial charge in [-0.1, -0.05) is 79.9 Å². The van der Waals surface area contributed by atoms with Gasteiger partial charge >= 0.3 is 0 Å². The van der Waals surface area contributed by atoms with Crippen molar-refractivity contribution >= 4 is 11.4 Å². The number of nitrogens with two attached hydrogens (primary N) is 2. The summed E-state index contributed by atoms with van der Waals surface area (Å²) in [6.07, 6.45) is 7.86. The van der Waals surface area contributed by atoms with Gasteiger partial charge in [0.15, 0.2) is 0 Å². The molecule has 0 unspecified atom stereocenters. The number of nitrogen functional groups attached to an aromatic ring is 2. The molecule has 0 aromatic heterocycles. The average molecular weight is 443 g/mol. The van der Waals surface area contributed by atoms with Gasteiger partial charge in [0.1, 0.15) is 0 Å². The third-order valence-electron chi connectivity index (χ3n) is 8.70. The fraction of sp³-hybridized carbons (Fsp3) is 0.250. The van der Waals surface area contributed by atoms with E-state index in [1.165, 1.54) is 74.9 Å². The Morgan fingerprint density at radius 1 is 0.500 bits per heavy atom. The lowest BCUT2D eigenvalue weighted by molar-refractivity contribution is 0.345. The SMILES string of the molecule is Nc1ccc2c(c1C1(c3c(N)ccc4c3Cc3ccccc3-4)CCCCC1)Cc1ccccc1-2. The van der Waals surface area contributed by atoms with Crippen LogP contribution in [0.2, 0.25) is 0 Å². The van der Waals surface area contributed by atoms with Gasteiger partial charge in [-0.2, -0.15) is 0 Å². The lowest BCUT2D eigenvalue weighted by atomic mass is 9.61. The maximum absolute atomic E-state index is 6.92. The summed E-state index contributed by atoms with van der Waals surface area (Å²) in [6.45, 7) is 0. The summed E-state index contributed by atoms with van der Waals surface area (Å²) in [4.78, 5) is 0. The molecule has 168 valence electrons. The summed E-state index contributed by atoms with van der Waals surface area (Å²) in [5, 5.41) is 0. The molecule has 0 saturated heterocycles. The second-order valence-electron chi connectivity index (χ2n) is 10.4. The van der Waals surface area contributed by atoms with Crippen molar-refractivity contribution in [3.8, 4) is 22.3 Å². The summed E-state index contributed by atoms with van der Waals surface area (Å²) in [6, 6.07) is 26.5. The van der Waals surface area contributed by atoms with Crippen LogP contribution in [0.1, 0.15) is 65.5 Å². The first kappa shape index (κ1) is 19.9. The molecule has 0 radical (unpaired) electrons. The van der Waals surface area contributed by atoms with E-state index >= 15 is 0 Å². The van der Waals surface area contributed by atoms with E-state index in [4.69, 9.17) is 11.5 Å². The van der Waals surface area contributed by atoms with E-state index in [9.17, 15) is 0 Å². The van der Waals surface area contributed by atoms with E-state index in [0.717, 1.165) is 37.1 Å². The van der Waals surface area contributed by atoms with E-state index in [1.807, 2.05) is 0 Å². The Hall–Kier alpha value is -3.52. The van der Waals surface area contributed by atoms with Crippen LogP contribution in [0.5, 0.6) is 0 Å². The topological polar surface area (TPSA) is 52.0 Å². The molecule has 0 heterocycles. The zero-order valence-electron chi connectivity index (χ0n) is 19.5. The number of anilines is 2. The number of fused-ring (bicyclic) bond motifs is 6. The first-order valence-electron chi connectivity index (χ1n) is 12.7. The summed E-state index contributed by atoms with van der Waals surface area (Å²) < 4.78 is 0. The number of hydrogen-bond donors (Lipinski definition) is 2. The molecule has 3 aliphatic carbocycles. The van der Waals surface area contributed by atoms with Crippen molar-refractivity contribution in [3.63, 3.8) is 0 Å². The monoisotopic (exact) mass is 442 g/mol. The Labute approximate surface area is 201 Å². The predicted molar refractivity (Wildman–Crippen MR) is 142 cm³/mol. The van der Waals surface area contributed by atoms with Crippen LogP contribution in [0.15, 0.2) is 72.8 Å². The first-order valence-corrected chi connectivity index (χ1v) is 12.7. The second-order valence-corrected chi connectivity index (χ2v) is 10.4. The minimum Gasteiger partial charge on any atom is -0.398 e. The van der Waals surface area contributed by atoms with Gasteiger partial charge in [-0.3, -0.25) is 0 Å². The zero-order chi connectivity index (χ0) is 22.9. The summed E-state index contributed by atoms with van der Waals surface area (Å²) >= 11 is 0. The molecule has 0 spiro atoms. The van der Waals surface area contributed by atoms with Gasteiger partial charge in [-0.05, 0) is 93.5 Å². The van der Waals surface area contributed by atoms with Gasteiger partial charge in [0.2, 0.25) is 0 Å². The summed E-state index contributed by atoms with van der Waals surface area (Å²) in [5.41, 5.74) is 29.4. The Balaban J connectivity index is 1.52. The quantitative estimate of drug-likeness (QED) is 0.278. The Kier molecular flexibility index (Phi) is 4.24. The van der Waals surface area contributed by atoms with E-state index in [0.29, 0.717) is 0 Å². The number of benzene rings is 4. The van der Waals surface area contributed by atoms with Gasteiger partial charge in [0.05, 0.1) is 0 Å². The van der Waals surface area contributed by atoms with Crippen LogP contribution in [-0.4, -0.2) is 0 Å². The molecule has 0 amide bonds. The maximum Gasteiger partial charge on any atom is 0.0359 e. The lowest BCUT2D eigenvalue weighted by Gasteiger charge is -2.42. The second kappa shape index (κ2) is 7.24. The molecule has 2 heteroatoms. The highest BCUT2D eigenvalue weighted by Gasteiger charge is 2.44. The van der Waals surface area contributed by atoms with Crippen molar-refractivity contribution in [3.05, 3.63) is 106 Å². The van der Waals surface area contributed by atoms with Crippen LogP contribution in [0.3, 0.4) is 0 Å². The van der Waals surface area contributed by atoms with Crippen molar-refractivity contribution in [2.75, 3.05) is 11.5 Å². The Morgan fingerprint density at radius 2 is 0.971 bits per heavy atom. The van der Waals surface area contributed by atoms with Crippen LogP contribution in [0.4, 0.5) is 11.4 Å².